The number of aliphatic hydroxyl groups excluding tert-OH is 1. The number of hydrogen-bond acceptors (Lipinski definition) is 4. The van der Waals surface area contributed by atoms with Crippen LogP contribution in [0.25, 0.3) is 0 Å². The Morgan fingerprint density at radius 3 is 2.54 bits per heavy atom. The van der Waals surface area contributed by atoms with Crippen LogP contribution in [0.1, 0.15) is 5.56 Å². The number of hydrogen-bond donors (Lipinski definition) is 4. The molecule has 0 aliphatic rings. The molecular formula is C9H13NO3. The molecule has 0 spiro atoms. The number of aliphatic hydroxyl groups is 2. The van der Waals surface area contributed by atoms with E-state index in [0.717, 1.165) is 5.56 Å². The molecule has 0 atom stereocenters. The summed E-state index contributed by atoms with van der Waals surface area (Å²) in [6, 6.07) is 6.91. The third-order valence-electron chi connectivity index (χ3n) is 1.63. The second-order valence-electron chi connectivity index (χ2n) is 2.74. The molecule has 1 aromatic carbocycles. The van der Waals surface area contributed by atoms with Crippen molar-refractivity contribution in [2.24, 2.45) is 0 Å². The normalized spacial score (nSPS) is 10.7. The van der Waals surface area contributed by atoms with Crippen LogP contribution in [0.15, 0.2) is 24.3 Å². The Hall–Kier alpha value is -1.10. The summed E-state index contributed by atoms with van der Waals surface area (Å²) in [5, 5.41) is 29.2. The first-order valence-corrected chi connectivity index (χ1v) is 4.04. The average Bonchev–Trinajstić information content (AvgIpc) is 2.08. The first kappa shape index (κ1) is 9.98. The molecule has 4 heteroatoms. The van der Waals surface area contributed by atoms with Crippen LogP contribution in [0, 0.1) is 0 Å². The summed E-state index contributed by atoms with van der Waals surface area (Å²) in [5.41, 5.74) is 0.739. The summed E-state index contributed by atoms with van der Waals surface area (Å²) >= 11 is 0. The number of nitrogens with one attached hydrogen (secondary N) is 1. The fraction of sp³-hybridized carbons (Fsp3) is 0.333. The lowest BCUT2D eigenvalue weighted by molar-refractivity contribution is -0.0374. The molecule has 1 rings (SSSR count). The van der Waals surface area contributed by atoms with Gasteiger partial charge in [-0.25, -0.2) is 0 Å². The van der Waals surface area contributed by atoms with Gasteiger partial charge in [0, 0.05) is 18.7 Å². The Kier molecular flexibility index (Phi) is 3.70. The average molecular weight is 183 g/mol. The quantitative estimate of drug-likeness (QED) is 0.487. The van der Waals surface area contributed by atoms with Crippen LogP contribution < -0.4 is 5.32 Å². The molecule has 4 N–H and O–H groups in total. The maximum atomic E-state index is 9.31. The van der Waals surface area contributed by atoms with Gasteiger partial charge in [-0.1, -0.05) is 18.2 Å². The Morgan fingerprint density at radius 2 is 1.92 bits per heavy atom. The van der Waals surface area contributed by atoms with E-state index >= 15 is 0 Å². The molecule has 0 aliphatic heterocycles. The molecule has 0 radical (unpaired) electrons. The molecule has 0 fully saturated rings. The highest BCUT2D eigenvalue weighted by atomic mass is 16.5. The van der Waals surface area contributed by atoms with E-state index in [9.17, 15) is 5.11 Å². The van der Waals surface area contributed by atoms with E-state index in [1.165, 1.54) is 0 Å². The van der Waals surface area contributed by atoms with Crippen LogP contribution in [0.4, 0.5) is 0 Å². The van der Waals surface area contributed by atoms with Crippen LogP contribution in [-0.2, 0) is 6.54 Å². The third kappa shape index (κ3) is 3.42. The maximum Gasteiger partial charge on any atom is 0.164 e. The molecule has 0 amide bonds. The summed E-state index contributed by atoms with van der Waals surface area (Å²) in [5.74, 6) is 0.211. The van der Waals surface area contributed by atoms with Gasteiger partial charge in [0.15, 0.2) is 6.29 Å². The van der Waals surface area contributed by atoms with Gasteiger partial charge < -0.3 is 20.6 Å². The second kappa shape index (κ2) is 4.81. The zero-order valence-corrected chi connectivity index (χ0v) is 7.14. The highest BCUT2D eigenvalue weighted by Gasteiger charge is 2.00. The third-order valence-corrected chi connectivity index (χ3v) is 1.63. The van der Waals surface area contributed by atoms with Crippen molar-refractivity contribution in [3.8, 4) is 5.75 Å². The van der Waals surface area contributed by atoms with Crippen molar-refractivity contribution in [3.05, 3.63) is 29.8 Å². The fourth-order valence-electron chi connectivity index (χ4n) is 0.996. The molecule has 13 heavy (non-hydrogen) atoms. The Labute approximate surface area is 76.5 Å². The molecule has 0 unspecified atom stereocenters. The summed E-state index contributed by atoms with van der Waals surface area (Å²) in [4.78, 5) is 0. The zero-order chi connectivity index (χ0) is 9.68. The van der Waals surface area contributed by atoms with Crippen molar-refractivity contribution in [2.75, 3.05) is 6.54 Å². The lowest BCUT2D eigenvalue weighted by Crippen LogP contribution is -2.25. The van der Waals surface area contributed by atoms with Gasteiger partial charge in [-0.2, -0.15) is 0 Å². The predicted molar refractivity (Wildman–Crippen MR) is 48.0 cm³/mol. The summed E-state index contributed by atoms with van der Waals surface area (Å²) in [7, 11) is 0. The standard InChI is InChI=1S/C9H13NO3/c11-8-4-2-1-3-7(8)5-10-6-9(12)13/h1-4,9-13H,5-6H2. The van der Waals surface area contributed by atoms with Gasteiger partial charge in [-0.05, 0) is 6.07 Å². The minimum atomic E-state index is -1.36. The predicted octanol–water partition coefficient (Wildman–Crippen LogP) is -0.207. The minimum Gasteiger partial charge on any atom is -0.508 e. The van der Waals surface area contributed by atoms with E-state index in [1.54, 1.807) is 18.2 Å². The lowest BCUT2D eigenvalue weighted by atomic mass is 10.2. The van der Waals surface area contributed by atoms with Crippen LogP contribution in [0.3, 0.4) is 0 Å². The SMILES string of the molecule is Oc1ccccc1CNCC(O)O. The molecule has 0 saturated carbocycles. The molecule has 0 saturated heterocycles. The van der Waals surface area contributed by atoms with Crippen molar-refractivity contribution < 1.29 is 15.3 Å². The van der Waals surface area contributed by atoms with E-state index in [-0.39, 0.29) is 12.3 Å². The first-order chi connectivity index (χ1) is 6.20. The van der Waals surface area contributed by atoms with Gasteiger partial charge in [0.05, 0.1) is 0 Å². The van der Waals surface area contributed by atoms with Crippen LogP contribution in [0.2, 0.25) is 0 Å². The van der Waals surface area contributed by atoms with Crippen molar-refractivity contribution in [3.63, 3.8) is 0 Å². The van der Waals surface area contributed by atoms with Crippen molar-refractivity contribution >= 4 is 0 Å². The molecule has 72 valence electrons. The number of benzene rings is 1. The molecule has 0 heterocycles. The van der Waals surface area contributed by atoms with Crippen molar-refractivity contribution in [1.29, 1.82) is 0 Å². The Morgan fingerprint density at radius 1 is 1.23 bits per heavy atom. The fourth-order valence-corrected chi connectivity index (χ4v) is 0.996. The highest BCUT2D eigenvalue weighted by molar-refractivity contribution is 5.31. The summed E-state index contributed by atoms with van der Waals surface area (Å²) < 4.78 is 0. The Bertz CT molecular complexity index is 263. The number of rotatable bonds is 4. The van der Waals surface area contributed by atoms with Crippen LogP contribution in [-0.4, -0.2) is 28.2 Å². The van der Waals surface area contributed by atoms with Crippen LogP contribution in [0.5, 0.6) is 5.75 Å². The molecular weight excluding hydrogens is 170 g/mol. The van der Waals surface area contributed by atoms with Crippen molar-refractivity contribution in [2.45, 2.75) is 12.8 Å². The van der Waals surface area contributed by atoms with Gasteiger partial charge in [0.25, 0.3) is 0 Å². The second-order valence-corrected chi connectivity index (χ2v) is 2.74. The monoisotopic (exact) mass is 183 g/mol. The number of phenols is 1. The lowest BCUT2D eigenvalue weighted by Gasteiger charge is -2.07. The smallest absolute Gasteiger partial charge is 0.164 e. The number of aromatic hydroxyl groups is 1. The van der Waals surface area contributed by atoms with Gasteiger partial charge >= 0.3 is 0 Å². The van der Waals surface area contributed by atoms with E-state index in [1.807, 2.05) is 6.07 Å². The van der Waals surface area contributed by atoms with Gasteiger partial charge in [-0.15, -0.1) is 0 Å². The number of para-hydroxylation sites is 1. The van der Waals surface area contributed by atoms with Gasteiger partial charge in [0.2, 0.25) is 0 Å². The van der Waals surface area contributed by atoms with Crippen LogP contribution >= 0.6 is 0 Å². The molecule has 4 nitrogen and oxygen atoms in total. The van der Waals surface area contributed by atoms with Gasteiger partial charge in [-0.3, -0.25) is 0 Å². The largest absolute Gasteiger partial charge is 0.508 e. The van der Waals surface area contributed by atoms with Gasteiger partial charge in [0.1, 0.15) is 5.75 Å². The zero-order valence-electron chi connectivity index (χ0n) is 7.14. The van der Waals surface area contributed by atoms with Crippen molar-refractivity contribution in [1.82, 2.24) is 5.32 Å². The van der Waals surface area contributed by atoms with E-state index in [2.05, 4.69) is 5.32 Å². The summed E-state index contributed by atoms with van der Waals surface area (Å²) in [6.45, 7) is 0.513. The topological polar surface area (TPSA) is 72.7 Å². The summed E-state index contributed by atoms with van der Waals surface area (Å²) in [6.07, 6.45) is -1.36. The highest BCUT2D eigenvalue weighted by Crippen LogP contribution is 2.14. The number of phenolic OH excluding ortho intramolecular Hbond substituents is 1. The molecule has 0 aromatic heterocycles. The molecule has 0 bridgehead atoms. The molecule has 1 aromatic rings. The molecule has 0 aliphatic carbocycles. The maximum absolute atomic E-state index is 9.31. The van der Waals surface area contributed by atoms with E-state index in [4.69, 9.17) is 10.2 Å². The Balaban J connectivity index is 2.41. The van der Waals surface area contributed by atoms with E-state index in [0.29, 0.717) is 6.54 Å². The minimum absolute atomic E-state index is 0.0916. The first-order valence-electron chi connectivity index (χ1n) is 4.04. The van der Waals surface area contributed by atoms with E-state index < -0.39 is 6.29 Å².